The lowest BCUT2D eigenvalue weighted by Crippen LogP contribution is -2.31. The van der Waals surface area contributed by atoms with Gasteiger partial charge in [0, 0.05) is 25.2 Å². The number of likely N-dealkylation sites (N-methyl/N-ethyl adjacent to an activating group) is 1. The summed E-state index contributed by atoms with van der Waals surface area (Å²) in [6, 6.07) is 13.3. The number of hydrogen-bond donors (Lipinski definition) is 3. The van der Waals surface area contributed by atoms with E-state index in [1.807, 2.05) is 18.2 Å². The molecule has 9 heteroatoms. The largest absolute Gasteiger partial charge is 0.313 e. The van der Waals surface area contributed by atoms with E-state index in [0.29, 0.717) is 28.2 Å². The van der Waals surface area contributed by atoms with Gasteiger partial charge in [0.05, 0.1) is 11.8 Å². The number of anilines is 1. The molecule has 2 aromatic carbocycles. The molecule has 0 bridgehead atoms. The van der Waals surface area contributed by atoms with E-state index in [1.54, 1.807) is 30.5 Å². The summed E-state index contributed by atoms with van der Waals surface area (Å²) in [7, 11) is 0. The summed E-state index contributed by atoms with van der Waals surface area (Å²) < 4.78 is 13.3. The van der Waals surface area contributed by atoms with Gasteiger partial charge < -0.3 is 15.5 Å². The van der Waals surface area contributed by atoms with Crippen LogP contribution in [0.5, 0.6) is 0 Å². The summed E-state index contributed by atoms with van der Waals surface area (Å²) in [6.07, 6.45) is 1.36. The molecule has 0 aliphatic carbocycles. The number of aryl methyl sites for hydroxylation is 1. The summed E-state index contributed by atoms with van der Waals surface area (Å²) >= 11 is 1.28. The van der Waals surface area contributed by atoms with Crippen LogP contribution in [0, 0.1) is 12.7 Å². The third-order valence-electron chi connectivity index (χ3n) is 5.67. The molecule has 0 atom stereocenters. The molecule has 0 fully saturated rings. The maximum absolute atomic E-state index is 13.3. The van der Waals surface area contributed by atoms with E-state index in [-0.39, 0.29) is 11.7 Å². The van der Waals surface area contributed by atoms with Gasteiger partial charge in [0.25, 0.3) is 11.8 Å². The van der Waals surface area contributed by atoms with E-state index in [4.69, 9.17) is 0 Å². The van der Waals surface area contributed by atoms with Crippen LogP contribution in [0.2, 0.25) is 0 Å². The number of thiophene rings is 1. The zero-order chi connectivity index (χ0) is 25.9. The zero-order valence-corrected chi connectivity index (χ0v) is 21.6. The molecule has 0 spiro atoms. The first-order valence-electron chi connectivity index (χ1n) is 11.9. The standard InChI is InChI=1S/C27H32FN5O2S/c1-4-33(5-2)13-12-29-16-20-8-6-10-22(14-20)25(34)31-27-24(19(3)18-36-27)26(35)32-30-17-21-9-7-11-23(28)15-21/h6-11,14-15,17-18,29H,4-5,12-13,16H2,1-3H3,(H,31,34)(H,32,35)/b30-17+. The van der Waals surface area contributed by atoms with E-state index in [2.05, 4.69) is 39.9 Å². The molecule has 2 amide bonds. The van der Waals surface area contributed by atoms with Crippen LogP contribution in [0.15, 0.2) is 59.0 Å². The first-order valence-corrected chi connectivity index (χ1v) is 12.8. The van der Waals surface area contributed by atoms with Crippen molar-refractivity contribution in [1.82, 2.24) is 15.6 Å². The lowest BCUT2D eigenvalue weighted by atomic mass is 10.1. The number of carbonyl (C=O) groups excluding carboxylic acids is 2. The van der Waals surface area contributed by atoms with Crippen molar-refractivity contribution in [3.63, 3.8) is 0 Å². The summed E-state index contributed by atoms with van der Waals surface area (Å²) in [5.74, 6) is -1.13. The van der Waals surface area contributed by atoms with Gasteiger partial charge in [-0.2, -0.15) is 5.10 Å². The van der Waals surface area contributed by atoms with Gasteiger partial charge in [-0.3, -0.25) is 9.59 Å². The van der Waals surface area contributed by atoms with Gasteiger partial charge in [-0.25, -0.2) is 9.82 Å². The molecule has 0 unspecified atom stereocenters. The number of carbonyl (C=O) groups is 2. The first-order chi connectivity index (χ1) is 17.4. The second kappa shape index (κ2) is 13.6. The fourth-order valence-corrected chi connectivity index (χ4v) is 4.57. The topological polar surface area (TPSA) is 85.8 Å². The summed E-state index contributed by atoms with van der Waals surface area (Å²) in [6.45, 7) is 10.6. The smallest absolute Gasteiger partial charge is 0.274 e. The number of benzene rings is 2. The molecule has 0 aliphatic heterocycles. The Morgan fingerprint density at radius 1 is 1.08 bits per heavy atom. The Bertz CT molecular complexity index is 1210. The number of nitrogens with zero attached hydrogens (tertiary/aromatic N) is 2. The fourth-order valence-electron chi connectivity index (χ4n) is 3.63. The van der Waals surface area contributed by atoms with Crippen LogP contribution >= 0.6 is 11.3 Å². The SMILES string of the molecule is CCN(CC)CCNCc1cccc(C(=O)Nc2scc(C)c2C(=O)N/N=C/c2cccc(F)c2)c1. The van der Waals surface area contributed by atoms with Crippen molar-refractivity contribution in [1.29, 1.82) is 0 Å². The average molecular weight is 510 g/mol. The number of hydrogen-bond acceptors (Lipinski definition) is 6. The zero-order valence-electron chi connectivity index (χ0n) is 20.8. The predicted molar refractivity (Wildman–Crippen MR) is 144 cm³/mol. The van der Waals surface area contributed by atoms with Gasteiger partial charge in [0.2, 0.25) is 0 Å². The van der Waals surface area contributed by atoms with Crippen molar-refractivity contribution in [2.24, 2.45) is 5.10 Å². The highest BCUT2D eigenvalue weighted by molar-refractivity contribution is 7.15. The minimum Gasteiger partial charge on any atom is -0.313 e. The van der Waals surface area contributed by atoms with Crippen LogP contribution in [0.4, 0.5) is 9.39 Å². The maximum atomic E-state index is 13.3. The van der Waals surface area contributed by atoms with Crippen LogP contribution in [0.3, 0.4) is 0 Å². The third-order valence-corrected chi connectivity index (χ3v) is 6.69. The van der Waals surface area contributed by atoms with Crippen molar-refractivity contribution in [2.75, 3.05) is 31.5 Å². The number of halogens is 1. The van der Waals surface area contributed by atoms with Gasteiger partial charge in [-0.15, -0.1) is 11.3 Å². The molecule has 3 N–H and O–H groups in total. The number of hydrazone groups is 1. The Hall–Kier alpha value is -3.40. The molecule has 7 nitrogen and oxygen atoms in total. The average Bonchev–Trinajstić information content (AvgIpc) is 3.24. The first kappa shape index (κ1) is 27.2. The van der Waals surface area contributed by atoms with Gasteiger partial charge in [-0.05, 0) is 66.3 Å². The maximum Gasteiger partial charge on any atom is 0.274 e. The number of nitrogens with one attached hydrogen (secondary N) is 3. The van der Waals surface area contributed by atoms with E-state index in [9.17, 15) is 14.0 Å². The van der Waals surface area contributed by atoms with Crippen LogP contribution in [0.25, 0.3) is 0 Å². The highest BCUT2D eigenvalue weighted by Gasteiger charge is 2.19. The van der Waals surface area contributed by atoms with E-state index in [1.165, 1.54) is 29.7 Å². The van der Waals surface area contributed by atoms with Gasteiger partial charge in [-0.1, -0.05) is 38.1 Å². The molecule has 1 heterocycles. The third kappa shape index (κ3) is 7.81. The van der Waals surface area contributed by atoms with E-state index < -0.39 is 5.91 Å². The Kier molecular flexibility index (Phi) is 10.3. The second-order valence-electron chi connectivity index (χ2n) is 8.24. The van der Waals surface area contributed by atoms with E-state index in [0.717, 1.165) is 37.3 Å². The molecule has 0 saturated carbocycles. The highest BCUT2D eigenvalue weighted by Crippen LogP contribution is 2.28. The molecule has 1 aromatic heterocycles. The molecule has 3 aromatic rings. The van der Waals surface area contributed by atoms with Gasteiger partial charge in [0.15, 0.2) is 0 Å². The minimum atomic E-state index is -0.456. The van der Waals surface area contributed by atoms with Crippen LogP contribution in [-0.4, -0.2) is 49.1 Å². The normalized spacial score (nSPS) is 11.2. The Morgan fingerprint density at radius 2 is 1.86 bits per heavy atom. The van der Waals surface area contributed by atoms with Gasteiger partial charge in [0.1, 0.15) is 10.8 Å². The fraction of sp³-hybridized carbons (Fsp3) is 0.296. The molecular formula is C27H32FN5O2S. The van der Waals surface area contributed by atoms with Crippen molar-refractivity contribution in [3.05, 3.63) is 87.5 Å². The van der Waals surface area contributed by atoms with Crippen LogP contribution < -0.4 is 16.1 Å². The van der Waals surface area contributed by atoms with Crippen molar-refractivity contribution >= 4 is 34.4 Å². The second-order valence-corrected chi connectivity index (χ2v) is 9.11. The van der Waals surface area contributed by atoms with Crippen molar-refractivity contribution < 1.29 is 14.0 Å². The number of rotatable bonds is 12. The Balaban J connectivity index is 1.60. The molecule has 0 aliphatic rings. The Labute approximate surface area is 215 Å². The van der Waals surface area contributed by atoms with Crippen molar-refractivity contribution in [2.45, 2.75) is 27.3 Å². The quantitative estimate of drug-likeness (QED) is 0.189. The minimum absolute atomic E-state index is 0.292. The van der Waals surface area contributed by atoms with E-state index >= 15 is 0 Å². The molecular weight excluding hydrogens is 477 g/mol. The highest BCUT2D eigenvalue weighted by atomic mass is 32.1. The summed E-state index contributed by atoms with van der Waals surface area (Å²) in [5, 5.41) is 12.4. The van der Waals surface area contributed by atoms with Crippen LogP contribution in [-0.2, 0) is 6.54 Å². The predicted octanol–water partition coefficient (Wildman–Crippen LogP) is 4.64. The molecule has 0 saturated heterocycles. The summed E-state index contributed by atoms with van der Waals surface area (Å²) in [5.41, 5.74) is 5.57. The monoisotopic (exact) mass is 509 g/mol. The number of amides is 2. The molecule has 36 heavy (non-hydrogen) atoms. The van der Waals surface area contributed by atoms with Gasteiger partial charge >= 0.3 is 0 Å². The van der Waals surface area contributed by atoms with Crippen LogP contribution in [0.1, 0.15) is 51.3 Å². The summed E-state index contributed by atoms with van der Waals surface area (Å²) in [4.78, 5) is 28.1. The molecule has 0 radical (unpaired) electrons. The Morgan fingerprint density at radius 3 is 2.61 bits per heavy atom. The van der Waals surface area contributed by atoms with Crippen molar-refractivity contribution in [3.8, 4) is 0 Å². The molecule has 190 valence electrons. The lowest BCUT2D eigenvalue weighted by molar-refractivity contribution is 0.0956. The lowest BCUT2D eigenvalue weighted by Gasteiger charge is -2.18. The molecule has 3 rings (SSSR count).